The molecule has 18 heavy (non-hydrogen) atoms. The Hall–Kier alpha value is -0.660. The smallest absolute Gasteiger partial charge is 0.150 e. The Morgan fingerprint density at radius 2 is 1.61 bits per heavy atom. The van der Waals surface area contributed by atoms with E-state index < -0.39 is 0 Å². The van der Waals surface area contributed by atoms with Crippen LogP contribution in [0.15, 0.2) is 37.9 Å². The first-order valence-electron chi connectivity index (χ1n) is 5.02. The fraction of sp³-hybridized carbons (Fsp3) is 0.0909. The molecule has 2 aromatic rings. The van der Waals surface area contributed by atoms with Crippen LogP contribution < -0.4 is 10.6 Å². The standard InChI is InChI=1S/C11H9Br3N4/c1-15-10-8(14)11(17-5-16-10)18-9-6(12)3-2-4-7(9)13/h2-5H,1H3,(H2,15,16,17,18). The maximum absolute atomic E-state index is 4.21. The van der Waals surface area contributed by atoms with Gasteiger partial charge >= 0.3 is 0 Å². The molecule has 0 radical (unpaired) electrons. The molecule has 1 aromatic heterocycles. The van der Waals surface area contributed by atoms with Crippen molar-refractivity contribution in [2.45, 2.75) is 0 Å². The molecule has 2 rings (SSSR count). The molecule has 0 aliphatic carbocycles. The molecular weight excluding hydrogens is 428 g/mol. The zero-order valence-electron chi connectivity index (χ0n) is 9.34. The molecule has 0 fully saturated rings. The van der Waals surface area contributed by atoms with Crippen LogP contribution in [0.2, 0.25) is 0 Å². The lowest BCUT2D eigenvalue weighted by molar-refractivity contribution is 1.14. The Labute approximate surface area is 130 Å². The topological polar surface area (TPSA) is 49.8 Å². The van der Waals surface area contributed by atoms with Gasteiger partial charge in [-0.25, -0.2) is 9.97 Å². The number of halogens is 3. The molecule has 0 saturated heterocycles. The monoisotopic (exact) mass is 434 g/mol. The van der Waals surface area contributed by atoms with E-state index in [2.05, 4.69) is 68.4 Å². The normalized spacial score (nSPS) is 10.2. The lowest BCUT2D eigenvalue weighted by Crippen LogP contribution is -2.01. The first kappa shape index (κ1) is 13.8. The van der Waals surface area contributed by atoms with Gasteiger partial charge in [0.1, 0.15) is 22.4 Å². The average molecular weight is 437 g/mol. The number of hydrogen-bond donors (Lipinski definition) is 2. The second-order valence-electron chi connectivity index (χ2n) is 3.36. The summed E-state index contributed by atoms with van der Waals surface area (Å²) in [5.41, 5.74) is 0.916. The highest BCUT2D eigenvalue weighted by atomic mass is 79.9. The van der Waals surface area contributed by atoms with Crippen molar-refractivity contribution >= 4 is 65.1 Å². The number of nitrogens with zero attached hydrogens (tertiary/aromatic N) is 2. The summed E-state index contributed by atoms with van der Waals surface area (Å²) in [7, 11) is 1.81. The number of nitrogens with one attached hydrogen (secondary N) is 2. The van der Waals surface area contributed by atoms with E-state index >= 15 is 0 Å². The van der Waals surface area contributed by atoms with Crippen LogP contribution in [-0.4, -0.2) is 17.0 Å². The van der Waals surface area contributed by atoms with Crippen LogP contribution in [0.5, 0.6) is 0 Å². The van der Waals surface area contributed by atoms with E-state index in [4.69, 9.17) is 0 Å². The number of para-hydroxylation sites is 1. The quantitative estimate of drug-likeness (QED) is 0.741. The van der Waals surface area contributed by atoms with Gasteiger partial charge in [0, 0.05) is 16.0 Å². The zero-order valence-corrected chi connectivity index (χ0v) is 14.1. The van der Waals surface area contributed by atoms with E-state index in [1.54, 1.807) is 0 Å². The van der Waals surface area contributed by atoms with Crippen molar-refractivity contribution in [3.63, 3.8) is 0 Å². The van der Waals surface area contributed by atoms with Gasteiger partial charge in [-0.3, -0.25) is 0 Å². The van der Waals surface area contributed by atoms with Gasteiger partial charge in [0.15, 0.2) is 0 Å². The van der Waals surface area contributed by atoms with Gasteiger partial charge in [0.05, 0.1) is 5.69 Å². The SMILES string of the molecule is CNc1ncnc(Nc2c(Br)cccc2Br)c1Br. The Balaban J connectivity index is 2.40. The fourth-order valence-corrected chi connectivity index (χ4v) is 3.07. The molecule has 0 spiro atoms. The molecule has 0 unspecified atom stereocenters. The minimum atomic E-state index is 0.696. The summed E-state index contributed by atoms with van der Waals surface area (Å²) in [4.78, 5) is 8.32. The molecule has 2 N–H and O–H groups in total. The summed E-state index contributed by atoms with van der Waals surface area (Å²) in [6, 6.07) is 5.87. The predicted octanol–water partition coefficient (Wildman–Crippen LogP) is 4.55. The highest BCUT2D eigenvalue weighted by molar-refractivity contribution is 9.11. The third-order valence-electron chi connectivity index (χ3n) is 2.23. The Kier molecular flexibility index (Phi) is 4.58. The number of hydrogen-bond acceptors (Lipinski definition) is 4. The molecule has 7 heteroatoms. The molecule has 1 aromatic carbocycles. The highest BCUT2D eigenvalue weighted by Crippen LogP contribution is 2.35. The van der Waals surface area contributed by atoms with E-state index in [1.807, 2.05) is 25.2 Å². The third kappa shape index (κ3) is 2.84. The molecule has 0 amide bonds. The van der Waals surface area contributed by atoms with Crippen molar-refractivity contribution < 1.29 is 0 Å². The van der Waals surface area contributed by atoms with Crippen molar-refractivity contribution in [2.75, 3.05) is 17.7 Å². The molecule has 94 valence electrons. The van der Waals surface area contributed by atoms with Crippen LogP contribution >= 0.6 is 47.8 Å². The van der Waals surface area contributed by atoms with Crippen molar-refractivity contribution in [3.05, 3.63) is 37.9 Å². The maximum Gasteiger partial charge on any atom is 0.150 e. The Bertz CT molecular complexity index is 554. The van der Waals surface area contributed by atoms with Gasteiger partial charge < -0.3 is 10.6 Å². The van der Waals surface area contributed by atoms with Crippen LogP contribution in [0.25, 0.3) is 0 Å². The average Bonchev–Trinajstić information content (AvgIpc) is 2.36. The summed E-state index contributed by atoms with van der Waals surface area (Å²) >= 11 is 10.5. The minimum absolute atomic E-state index is 0.696. The lowest BCUT2D eigenvalue weighted by Gasteiger charge is -2.12. The summed E-state index contributed by atoms with van der Waals surface area (Å²) in [5.74, 6) is 1.43. The van der Waals surface area contributed by atoms with Crippen LogP contribution in [0.3, 0.4) is 0 Å². The summed E-state index contributed by atoms with van der Waals surface area (Å²) < 4.78 is 2.69. The van der Waals surface area contributed by atoms with Crippen molar-refractivity contribution in [2.24, 2.45) is 0 Å². The molecule has 0 atom stereocenters. The summed E-state index contributed by atoms with van der Waals surface area (Å²) in [6.07, 6.45) is 1.50. The Morgan fingerprint density at radius 3 is 2.22 bits per heavy atom. The van der Waals surface area contributed by atoms with Crippen molar-refractivity contribution in [3.8, 4) is 0 Å². The molecule has 0 saturated carbocycles. The van der Waals surface area contributed by atoms with Gasteiger partial charge in [-0.05, 0) is 59.9 Å². The van der Waals surface area contributed by atoms with Crippen molar-refractivity contribution in [1.29, 1.82) is 0 Å². The first-order valence-corrected chi connectivity index (χ1v) is 7.40. The summed E-state index contributed by atoms with van der Waals surface area (Å²) in [5, 5.41) is 6.24. The molecular formula is C11H9Br3N4. The van der Waals surface area contributed by atoms with Gasteiger partial charge in [-0.1, -0.05) is 6.07 Å². The van der Waals surface area contributed by atoms with Crippen LogP contribution in [0, 0.1) is 0 Å². The van der Waals surface area contributed by atoms with E-state index in [-0.39, 0.29) is 0 Å². The number of rotatable bonds is 3. The highest BCUT2D eigenvalue weighted by Gasteiger charge is 2.11. The fourth-order valence-electron chi connectivity index (χ4n) is 1.37. The molecule has 1 heterocycles. The largest absolute Gasteiger partial charge is 0.372 e. The first-order chi connectivity index (χ1) is 8.63. The van der Waals surface area contributed by atoms with Crippen LogP contribution in [-0.2, 0) is 0 Å². The van der Waals surface area contributed by atoms with E-state index in [0.29, 0.717) is 5.82 Å². The van der Waals surface area contributed by atoms with E-state index in [0.717, 1.165) is 24.9 Å². The van der Waals surface area contributed by atoms with Crippen LogP contribution in [0.4, 0.5) is 17.3 Å². The lowest BCUT2D eigenvalue weighted by atomic mass is 10.3. The minimum Gasteiger partial charge on any atom is -0.372 e. The Morgan fingerprint density at radius 1 is 1.00 bits per heavy atom. The van der Waals surface area contributed by atoms with Crippen LogP contribution in [0.1, 0.15) is 0 Å². The maximum atomic E-state index is 4.21. The molecule has 4 nitrogen and oxygen atoms in total. The second kappa shape index (κ2) is 5.99. The third-order valence-corrected chi connectivity index (χ3v) is 4.31. The van der Waals surface area contributed by atoms with Crippen molar-refractivity contribution in [1.82, 2.24) is 9.97 Å². The van der Waals surface area contributed by atoms with E-state index in [1.165, 1.54) is 6.33 Å². The van der Waals surface area contributed by atoms with E-state index in [9.17, 15) is 0 Å². The number of benzene rings is 1. The molecule has 0 bridgehead atoms. The zero-order chi connectivity index (χ0) is 13.1. The number of aromatic nitrogens is 2. The summed E-state index contributed by atoms with van der Waals surface area (Å²) in [6.45, 7) is 0. The van der Waals surface area contributed by atoms with Gasteiger partial charge in [-0.15, -0.1) is 0 Å². The van der Waals surface area contributed by atoms with Gasteiger partial charge in [0.2, 0.25) is 0 Å². The molecule has 0 aliphatic rings. The number of anilines is 3. The van der Waals surface area contributed by atoms with Gasteiger partial charge in [0.25, 0.3) is 0 Å². The predicted molar refractivity (Wildman–Crippen MR) is 84.4 cm³/mol. The molecule has 0 aliphatic heterocycles. The van der Waals surface area contributed by atoms with Gasteiger partial charge in [-0.2, -0.15) is 0 Å². The second-order valence-corrected chi connectivity index (χ2v) is 5.86.